The van der Waals surface area contributed by atoms with Gasteiger partial charge in [0, 0.05) is 39.2 Å². The zero-order chi connectivity index (χ0) is 15.3. The molecule has 1 aromatic rings. The van der Waals surface area contributed by atoms with Crippen molar-refractivity contribution in [3.8, 4) is 5.75 Å². The highest BCUT2D eigenvalue weighted by molar-refractivity contribution is 5.30. The molecule has 6 heteroatoms. The molecular weight excluding hydrogens is 270 g/mol. The normalized spacial score (nSPS) is 19.4. The summed E-state index contributed by atoms with van der Waals surface area (Å²) in [6.07, 6.45) is 4.32. The van der Waals surface area contributed by atoms with Crippen LogP contribution in [0.1, 0.15) is 44.8 Å². The van der Waals surface area contributed by atoms with Gasteiger partial charge in [-0.05, 0) is 13.3 Å². The average Bonchev–Trinajstić information content (AvgIpc) is 2.91. The predicted molar refractivity (Wildman–Crippen MR) is 80.4 cm³/mol. The Morgan fingerprint density at radius 3 is 2.71 bits per heavy atom. The van der Waals surface area contributed by atoms with Crippen LogP contribution in [0, 0.1) is 0 Å². The van der Waals surface area contributed by atoms with Crippen molar-refractivity contribution in [3.05, 3.63) is 11.9 Å². The number of hydrogen-bond acceptors (Lipinski definition) is 5. The summed E-state index contributed by atoms with van der Waals surface area (Å²) in [4.78, 5) is 0. The van der Waals surface area contributed by atoms with Gasteiger partial charge in [-0.15, -0.1) is 0 Å². The third-order valence-corrected chi connectivity index (χ3v) is 4.13. The first kappa shape index (κ1) is 16.3. The molecule has 0 saturated carbocycles. The third-order valence-electron chi connectivity index (χ3n) is 4.13. The topological polar surface area (TPSA) is 71.5 Å². The van der Waals surface area contributed by atoms with Crippen LogP contribution in [0.2, 0.25) is 0 Å². The van der Waals surface area contributed by atoms with Gasteiger partial charge in [0.15, 0.2) is 5.75 Å². The third kappa shape index (κ3) is 3.22. The zero-order valence-corrected chi connectivity index (χ0v) is 13.3. The molecular formula is C15H27N3O3. The molecule has 1 saturated heterocycles. The van der Waals surface area contributed by atoms with Crippen LogP contribution >= 0.6 is 0 Å². The lowest BCUT2D eigenvalue weighted by Gasteiger charge is -2.41. The highest BCUT2D eigenvalue weighted by Gasteiger charge is 2.42. The lowest BCUT2D eigenvalue weighted by molar-refractivity contribution is -0.123. The zero-order valence-electron chi connectivity index (χ0n) is 13.3. The van der Waals surface area contributed by atoms with E-state index in [1.807, 2.05) is 11.6 Å². The maximum absolute atomic E-state index is 6.62. The summed E-state index contributed by atoms with van der Waals surface area (Å²) in [7, 11) is 1.65. The molecule has 0 spiro atoms. The van der Waals surface area contributed by atoms with E-state index in [1.54, 1.807) is 13.3 Å². The molecule has 21 heavy (non-hydrogen) atoms. The van der Waals surface area contributed by atoms with Gasteiger partial charge >= 0.3 is 0 Å². The molecule has 2 N–H and O–H groups in total. The van der Waals surface area contributed by atoms with Gasteiger partial charge in [0.2, 0.25) is 0 Å². The van der Waals surface area contributed by atoms with E-state index in [0.717, 1.165) is 37.3 Å². The predicted octanol–water partition coefficient (Wildman–Crippen LogP) is 1.89. The molecule has 0 radical (unpaired) electrons. The van der Waals surface area contributed by atoms with Crippen molar-refractivity contribution in [2.45, 2.75) is 51.3 Å². The van der Waals surface area contributed by atoms with Crippen molar-refractivity contribution >= 4 is 0 Å². The smallest absolute Gasteiger partial charge is 0.161 e. The molecule has 1 aliphatic heterocycles. The minimum atomic E-state index is -0.397. The van der Waals surface area contributed by atoms with Crippen molar-refractivity contribution in [3.63, 3.8) is 0 Å². The van der Waals surface area contributed by atoms with E-state index in [0.29, 0.717) is 19.8 Å². The summed E-state index contributed by atoms with van der Waals surface area (Å²) in [6.45, 7) is 6.94. The molecule has 2 rings (SSSR count). The van der Waals surface area contributed by atoms with E-state index in [1.165, 1.54) is 0 Å². The number of aryl methyl sites for hydroxylation is 1. The molecule has 0 bridgehead atoms. The Morgan fingerprint density at radius 1 is 1.43 bits per heavy atom. The molecule has 2 heterocycles. The van der Waals surface area contributed by atoms with Crippen LogP contribution < -0.4 is 10.5 Å². The number of aromatic nitrogens is 2. The van der Waals surface area contributed by atoms with Crippen molar-refractivity contribution in [1.29, 1.82) is 0 Å². The summed E-state index contributed by atoms with van der Waals surface area (Å²) in [6, 6.07) is -0.273. The van der Waals surface area contributed by atoms with E-state index in [2.05, 4.69) is 12.0 Å². The highest BCUT2D eigenvalue weighted by atomic mass is 16.5. The Hall–Kier alpha value is -1.11. The number of ether oxygens (including phenoxy) is 3. The van der Waals surface area contributed by atoms with Gasteiger partial charge in [-0.2, -0.15) is 5.10 Å². The number of nitrogens with zero attached hydrogens (tertiary/aromatic N) is 2. The molecule has 1 aromatic heterocycles. The van der Waals surface area contributed by atoms with E-state index in [-0.39, 0.29) is 6.04 Å². The van der Waals surface area contributed by atoms with Gasteiger partial charge < -0.3 is 19.9 Å². The lowest BCUT2D eigenvalue weighted by atomic mass is 9.84. The molecule has 0 amide bonds. The van der Waals surface area contributed by atoms with Crippen LogP contribution in [-0.4, -0.2) is 42.3 Å². The minimum Gasteiger partial charge on any atom is -0.493 e. The molecule has 120 valence electrons. The van der Waals surface area contributed by atoms with Crippen LogP contribution in [0.3, 0.4) is 0 Å². The number of methoxy groups -OCH3 is 1. The monoisotopic (exact) mass is 297 g/mol. The van der Waals surface area contributed by atoms with Crippen LogP contribution in [-0.2, 0) is 16.0 Å². The average molecular weight is 297 g/mol. The fraction of sp³-hybridized carbons (Fsp3) is 0.800. The van der Waals surface area contributed by atoms with Crippen LogP contribution in [0.15, 0.2) is 6.20 Å². The van der Waals surface area contributed by atoms with Gasteiger partial charge in [0.05, 0.1) is 24.9 Å². The Labute approximate surface area is 126 Å². The first-order valence-electron chi connectivity index (χ1n) is 7.75. The molecule has 6 nitrogen and oxygen atoms in total. The van der Waals surface area contributed by atoms with Gasteiger partial charge in [-0.1, -0.05) is 6.92 Å². The maximum Gasteiger partial charge on any atom is 0.161 e. The molecule has 1 fully saturated rings. The van der Waals surface area contributed by atoms with Gasteiger partial charge in [-0.3, -0.25) is 4.68 Å². The standard InChI is InChI=1S/C15H27N3O3/c1-4-8-18-13(12(19-3)11-17-18)14(16)15(21-5-2)6-9-20-10-7-15/h11,14H,4-10,16H2,1-3H3. The fourth-order valence-corrected chi connectivity index (χ4v) is 3.04. The number of nitrogens with two attached hydrogens (primary N) is 1. The first-order chi connectivity index (χ1) is 10.2. The number of hydrogen-bond donors (Lipinski definition) is 1. The fourth-order valence-electron chi connectivity index (χ4n) is 3.04. The second kappa shape index (κ2) is 7.24. The molecule has 0 aromatic carbocycles. The summed E-state index contributed by atoms with van der Waals surface area (Å²) in [5, 5.41) is 4.41. The molecule has 1 unspecified atom stereocenters. The highest BCUT2D eigenvalue weighted by Crippen LogP contribution is 2.39. The molecule has 0 aliphatic carbocycles. The largest absolute Gasteiger partial charge is 0.493 e. The first-order valence-corrected chi connectivity index (χ1v) is 7.75. The Bertz CT molecular complexity index is 436. The summed E-state index contributed by atoms with van der Waals surface area (Å²) >= 11 is 0. The van der Waals surface area contributed by atoms with E-state index < -0.39 is 5.60 Å². The van der Waals surface area contributed by atoms with Gasteiger partial charge in [0.1, 0.15) is 5.69 Å². The van der Waals surface area contributed by atoms with Crippen LogP contribution in [0.4, 0.5) is 0 Å². The SMILES string of the molecule is CCCn1ncc(OC)c1C(N)C1(OCC)CCOCC1. The molecule has 1 atom stereocenters. The Kier molecular flexibility index (Phi) is 5.61. The quantitative estimate of drug-likeness (QED) is 0.832. The van der Waals surface area contributed by atoms with Crippen molar-refractivity contribution in [2.75, 3.05) is 26.9 Å². The maximum atomic E-state index is 6.62. The lowest BCUT2D eigenvalue weighted by Crippen LogP contribution is -2.48. The van der Waals surface area contributed by atoms with E-state index in [4.69, 9.17) is 19.9 Å². The van der Waals surface area contributed by atoms with Gasteiger partial charge in [-0.25, -0.2) is 0 Å². The van der Waals surface area contributed by atoms with Crippen molar-refractivity contribution in [2.24, 2.45) is 5.73 Å². The van der Waals surface area contributed by atoms with Crippen LogP contribution in [0.5, 0.6) is 5.75 Å². The summed E-state index contributed by atoms with van der Waals surface area (Å²) < 4.78 is 19.0. The Balaban J connectivity index is 2.35. The van der Waals surface area contributed by atoms with Crippen molar-refractivity contribution < 1.29 is 14.2 Å². The second-order valence-corrected chi connectivity index (χ2v) is 5.41. The van der Waals surface area contributed by atoms with Gasteiger partial charge in [0.25, 0.3) is 0 Å². The van der Waals surface area contributed by atoms with E-state index in [9.17, 15) is 0 Å². The summed E-state index contributed by atoms with van der Waals surface area (Å²) in [5.74, 6) is 0.738. The van der Waals surface area contributed by atoms with Crippen LogP contribution in [0.25, 0.3) is 0 Å². The van der Waals surface area contributed by atoms with Crippen molar-refractivity contribution in [1.82, 2.24) is 9.78 Å². The molecule has 1 aliphatic rings. The van der Waals surface area contributed by atoms with E-state index >= 15 is 0 Å². The minimum absolute atomic E-state index is 0.273. The summed E-state index contributed by atoms with van der Waals surface area (Å²) in [5.41, 5.74) is 7.15. The Morgan fingerprint density at radius 2 is 2.14 bits per heavy atom. The second-order valence-electron chi connectivity index (χ2n) is 5.41. The number of rotatable bonds is 7.